The molecule has 124 valence electrons. The van der Waals surface area contributed by atoms with Gasteiger partial charge in [0.05, 0.1) is 27.0 Å². The molecule has 0 fully saturated rings. The fraction of sp³-hybridized carbons (Fsp3) is 0.211. The van der Waals surface area contributed by atoms with E-state index in [1.54, 1.807) is 21.3 Å². The minimum Gasteiger partial charge on any atom is -0.497 e. The molecule has 0 bridgehead atoms. The molecule has 0 saturated heterocycles. The van der Waals surface area contributed by atoms with E-state index in [1.165, 1.54) is 0 Å². The molecular weight excluding hydrogens is 304 g/mol. The molecule has 0 atom stereocenters. The molecule has 5 heteroatoms. The van der Waals surface area contributed by atoms with Crippen molar-refractivity contribution in [3.05, 3.63) is 42.0 Å². The first-order chi connectivity index (χ1) is 11.6. The average Bonchev–Trinajstić information content (AvgIpc) is 2.61. The van der Waals surface area contributed by atoms with Crippen LogP contribution in [0, 0.1) is 6.92 Å². The minimum atomic E-state index is 0.453. The number of pyridine rings is 1. The highest BCUT2D eigenvalue weighted by molar-refractivity contribution is 6.00. The highest BCUT2D eigenvalue weighted by Crippen LogP contribution is 2.41. The Labute approximate surface area is 141 Å². The van der Waals surface area contributed by atoms with Crippen LogP contribution in [-0.2, 0) is 0 Å². The lowest BCUT2D eigenvalue weighted by atomic mass is 10.0. The smallest absolute Gasteiger partial charge is 0.169 e. The number of benzene rings is 2. The standard InChI is InChI=1S/C19H20N2O3/c1-11-8-15-14(18(24-4)17(11)23-3)10-16(21-19(15)20)12-6-5-7-13(9-12)22-2/h5-10H,1-4H3,(H2,20,21). The summed E-state index contributed by atoms with van der Waals surface area (Å²) in [5.74, 6) is 2.58. The Balaban J connectivity index is 2.30. The van der Waals surface area contributed by atoms with Crippen molar-refractivity contribution in [1.29, 1.82) is 0 Å². The fourth-order valence-corrected chi connectivity index (χ4v) is 2.88. The van der Waals surface area contributed by atoms with Crippen LogP contribution in [0.5, 0.6) is 17.2 Å². The molecule has 0 saturated carbocycles. The zero-order valence-electron chi connectivity index (χ0n) is 14.2. The molecular formula is C19H20N2O3. The molecule has 0 spiro atoms. The van der Waals surface area contributed by atoms with E-state index in [-0.39, 0.29) is 0 Å². The predicted octanol–water partition coefficient (Wildman–Crippen LogP) is 3.82. The summed E-state index contributed by atoms with van der Waals surface area (Å²) in [6, 6.07) is 11.6. The Morgan fingerprint density at radius 1 is 0.875 bits per heavy atom. The zero-order valence-corrected chi connectivity index (χ0v) is 14.2. The fourth-order valence-electron chi connectivity index (χ4n) is 2.88. The third kappa shape index (κ3) is 2.58. The van der Waals surface area contributed by atoms with Gasteiger partial charge in [-0.05, 0) is 36.8 Å². The van der Waals surface area contributed by atoms with E-state index in [2.05, 4.69) is 4.98 Å². The number of nitrogen functional groups attached to an aromatic ring is 1. The molecule has 0 aliphatic rings. The van der Waals surface area contributed by atoms with E-state index in [4.69, 9.17) is 19.9 Å². The second-order valence-corrected chi connectivity index (χ2v) is 5.48. The van der Waals surface area contributed by atoms with Gasteiger partial charge < -0.3 is 19.9 Å². The van der Waals surface area contributed by atoms with Gasteiger partial charge in [0.1, 0.15) is 11.6 Å². The Morgan fingerprint density at radius 2 is 1.62 bits per heavy atom. The quantitative estimate of drug-likeness (QED) is 0.790. The normalized spacial score (nSPS) is 10.7. The van der Waals surface area contributed by atoms with E-state index in [0.29, 0.717) is 17.3 Å². The number of aromatic nitrogens is 1. The van der Waals surface area contributed by atoms with E-state index in [0.717, 1.165) is 33.3 Å². The first-order valence-corrected chi connectivity index (χ1v) is 7.55. The Bertz CT molecular complexity index is 907. The summed E-state index contributed by atoms with van der Waals surface area (Å²) in [7, 11) is 4.89. The lowest BCUT2D eigenvalue weighted by Gasteiger charge is -2.15. The third-order valence-corrected chi connectivity index (χ3v) is 4.03. The number of nitrogens with two attached hydrogens (primary N) is 1. The summed E-state index contributed by atoms with van der Waals surface area (Å²) >= 11 is 0. The Hall–Kier alpha value is -2.95. The van der Waals surface area contributed by atoms with Crippen LogP contribution in [0.25, 0.3) is 22.0 Å². The van der Waals surface area contributed by atoms with Gasteiger partial charge in [-0.15, -0.1) is 0 Å². The Kier molecular flexibility index (Phi) is 4.16. The largest absolute Gasteiger partial charge is 0.497 e. The second kappa shape index (κ2) is 6.28. The van der Waals surface area contributed by atoms with Crippen LogP contribution in [0.1, 0.15) is 5.56 Å². The van der Waals surface area contributed by atoms with Crippen LogP contribution in [0.3, 0.4) is 0 Å². The van der Waals surface area contributed by atoms with Gasteiger partial charge in [-0.2, -0.15) is 0 Å². The van der Waals surface area contributed by atoms with E-state index < -0.39 is 0 Å². The van der Waals surface area contributed by atoms with Gasteiger partial charge in [0.15, 0.2) is 11.5 Å². The monoisotopic (exact) mass is 324 g/mol. The lowest BCUT2D eigenvalue weighted by Crippen LogP contribution is -1.99. The van der Waals surface area contributed by atoms with Crippen molar-refractivity contribution in [3.63, 3.8) is 0 Å². The van der Waals surface area contributed by atoms with Crippen molar-refractivity contribution in [2.24, 2.45) is 0 Å². The zero-order chi connectivity index (χ0) is 17.3. The van der Waals surface area contributed by atoms with Gasteiger partial charge in [0.2, 0.25) is 0 Å². The molecule has 0 aliphatic carbocycles. The summed E-state index contributed by atoms with van der Waals surface area (Å²) in [6.45, 7) is 1.95. The van der Waals surface area contributed by atoms with Crippen molar-refractivity contribution in [2.45, 2.75) is 6.92 Å². The highest BCUT2D eigenvalue weighted by Gasteiger charge is 2.16. The molecule has 2 N–H and O–H groups in total. The van der Waals surface area contributed by atoms with E-state index in [1.807, 2.05) is 43.3 Å². The van der Waals surface area contributed by atoms with Crippen LogP contribution in [-0.4, -0.2) is 26.3 Å². The number of ether oxygens (including phenoxy) is 3. The topological polar surface area (TPSA) is 66.6 Å². The molecule has 0 unspecified atom stereocenters. The molecule has 1 aromatic heterocycles. The second-order valence-electron chi connectivity index (χ2n) is 5.48. The van der Waals surface area contributed by atoms with E-state index >= 15 is 0 Å². The van der Waals surface area contributed by atoms with Crippen LogP contribution in [0.4, 0.5) is 5.82 Å². The molecule has 3 aromatic rings. The lowest BCUT2D eigenvalue weighted by molar-refractivity contribution is 0.356. The maximum absolute atomic E-state index is 6.21. The maximum atomic E-state index is 6.21. The van der Waals surface area contributed by atoms with Crippen molar-refractivity contribution in [1.82, 2.24) is 4.98 Å². The van der Waals surface area contributed by atoms with Gasteiger partial charge in [0.25, 0.3) is 0 Å². The Morgan fingerprint density at radius 3 is 2.29 bits per heavy atom. The van der Waals surface area contributed by atoms with Crippen LogP contribution >= 0.6 is 0 Å². The number of rotatable bonds is 4. The molecule has 1 heterocycles. The van der Waals surface area contributed by atoms with Crippen molar-refractivity contribution in [3.8, 4) is 28.5 Å². The molecule has 24 heavy (non-hydrogen) atoms. The molecule has 0 amide bonds. The van der Waals surface area contributed by atoms with Crippen LogP contribution < -0.4 is 19.9 Å². The summed E-state index contributed by atoms with van der Waals surface area (Å²) in [6.07, 6.45) is 0. The maximum Gasteiger partial charge on any atom is 0.169 e. The van der Waals surface area contributed by atoms with Crippen LogP contribution in [0.15, 0.2) is 36.4 Å². The molecule has 0 aliphatic heterocycles. The van der Waals surface area contributed by atoms with Gasteiger partial charge in [-0.1, -0.05) is 12.1 Å². The molecule has 0 radical (unpaired) electrons. The van der Waals surface area contributed by atoms with Gasteiger partial charge in [-0.25, -0.2) is 4.98 Å². The first-order valence-electron chi connectivity index (χ1n) is 7.55. The van der Waals surface area contributed by atoms with Crippen molar-refractivity contribution < 1.29 is 14.2 Å². The minimum absolute atomic E-state index is 0.453. The van der Waals surface area contributed by atoms with E-state index in [9.17, 15) is 0 Å². The number of fused-ring (bicyclic) bond motifs is 1. The third-order valence-electron chi connectivity index (χ3n) is 4.03. The molecule has 3 rings (SSSR count). The summed E-state index contributed by atoms with van der Waals surface area (Å²) < 4.78 is 16.4. The number of hydrogen-bond donors (Lipinski definition) is 1. The number of methoxy groups -OCH3 is 3. The summed E-state index contributed by atoms with van der Waals surface area (Å²) in [5.41, 5.74) is 8.83. The van der Waals surface area contributed by atoms with Crippen molar-refractivity contribution >= 4 is 16.6 Å². The van der Waals surface area contributed by atoms with Gasteiger partial charge in [0, 0.05) is 16.3 Å². The predicted molar refractivity (Wildman–Crippen MR) is 96.0 cm³/mol. The summed E-state index contributed by atoms with van der Waals surface area (Å²) in [4.78, 5) is 4.54. The molecule has 2 aromatic carbocycles. The SMILES string of the molecule is COc1cccc(-c2cc3c(OC)c(OC)c(C)cc3c(N)n2)c1. The number of aryl methyl sites for hydroxylation is 1. The molecule has 5 nitrogen and oxygen atoms in total. The number of nitrogens with zero attached hydrogens (tertiary/aromatic N) is 1. The van der Waals surface area contributed by atoms with Crippen molar-refractivity contribution in [2.75, 3.05) is 27.1 Å². The summed E-state index contributed by atoms with van der Waals surface area (Å²) in [5, 5.41) is 1.71. The highest BCUT2D eigenvalue weighted by atomic mass is 16.5. The van der Waals surface area contributed by atoms with Gasteiger partial charge in [-0.3, -0.25) is 0 Å². The number of hydrogen-bond acceptors (Lipinski definition) is 5. The van der Waals surface area contributed by atoms with Gasteiger partial charge >= 0.3 is 0 Å². The average molecular weight is 324 g/mol. The number of anilines is 1. The van der Waals surface area contributed by atoms with Crippen LogP contribution in [0.2, 0.25) is 0 Å². The first kappa shape index (κ1) is 15.9.